The first kappa shape index (κ1) is 21.3. The van der Waals surface area contributed by atoms with Crippen LogP contribution in [0, 0.1) is 5.82 Å². The Labute approximate surface area is 188 Å². The Balaban J connectivity index is 1.91. The van der Waals surface area contributed by atoms with Gasteiger partial charge in [-0.05, 0) is 47.0 Å². The molecule has 0 aliphatic carbocycles. The summed E-state index contributed by atoms with van der Waals surface area (Å²) >= 11 is 1.47. The summed E-state index contributed by atoms with van der Waals surface area (Å²) in [5.41, 5.74) is 3.19. The monoisotopic (exact) mass is 498 g/mol. The molecule has 0 aliphatic heterocycles. The van der Waals surface area contributed by atoms with Gasteiger partial charge in [-0.25, -0.2) is 8.60 Å². The van der Waals surface area contributed by atoms with E-state index in [2.05, 4.69) is 21.0 Å². The fraction of sp³-hybridized carbons (Fsp3) is 0.0435. The predicted octanol–water partition coefficient (Wildman–Crippen LogP) is 5.19. The van der Waals surface area contributed by atoms with Gasteiger partial charge < -0.3 is 4.55 Å². The van der Waals surface area contributed by atoms with Crippen LogP contribution in [0.1, 0.15) is 5.56 Å². The van der Waals surface area contributed by atoms with Crippen LogP contribution < -0.4 is 5.56 Å². The van der Waals surface area contributed by atoms with Crippen LogP contribution in [0.4, 0.5) is 4.39 Å². The average molecular weight is 499 g/mol. The van der Waals surface area contributed by atoms with Crippen LogP contribution in [0.25, 0.3) is 27.9 Å². The van der Waals surface area contributed by atoms with E-state index in [1.807, 2.05) is 12.1 Å². The molecule has 1 N–H and O–H groups in total. The standard InChI is InChI=1S/C23H16BrFN2O3S/c24-18-2-1-3-20(12-18)27-23(28)22(17-8-10-19(25)11-9-17)21(13-26-27)16-6-4-15(5-7-16)14-31(29)30/h1-13H,14H2,(H,29,30). The minimum Gasteiger partial charge on any atom is -0.306 e. The Morgan fingerprint density at radius 1 is 1.00 bits per heavy atom. The smallest absolute Gasteiger partial charge is 0.279 e. The summed E-state index contributed by atoms with van der Waals surface area (Å²) < 4.78 is 35.8. The van der Waals surface area contributed by atoms with Gasteiger partial charge in [-0.3, -0.25) is 4.79 Å². The molecule has 1 aromatic heterocycles. The number of rotatable bonds is 5. The maximum Gasteiger partial charge on any atom is 0.279 e. The second-order valence-corrected chi connectivity index (χ2v) is 8.65. The number of hydrogen-bond acceptors (Lipinski definition) is 3. The van der Waals surface area contributed by atoms with Crippen LogP contribution >= 0.6 is 15.9 Å². The zero-order valence-electron chi connectivity index (χ0n) is 16.0. The van der Waals surface area contributed by atoms with E-state index in [1.54, 1.807) is 54.7 Å². The van der Waals surface area contributed by atoms with E-state index in [0.717, 1.165) is 10.0 Å². The van der Waals surface area contributed by atoms with E-state index >= 15 is 0 Å². The summed E-state index contributed by atoms with van der Waals surface area (Å²) in [6.45, 7) is 0. The SMILES string of the molecule is O=c1c(-c2ccc(F)cc2)c(-c2ccc(CS(=O)O)cc2)cnn1-c1cccc(Br)c1. The maximum atomic E-state index is 13.5. The Hall–Kier alpha value is -2.94. The lowest BCUT2D eigenvalue weighted by molar-refractivity contribution is 0.563. The Kier molecular flexibility index (Phi) is 6.22. The summed E-state index contributed by atoms with van der Waals surface area (Å²) in [4.78, 5) is 13.5. The summed E-state index contributed by atoms with van der Waals surface area (Å²) in [5.74, 6) is -0.374. The Bertz CT molecular complexity index is 1320. The molecule has 156 valence electrons. The van der Waals surface area contributed by atoms with Crippen LogP contribution in [0.5, 0.6) is 0 Å². The largest absolute Gasteiger partial charge is 0.306 e. The highest BCUT2D eigenvalue weighted by Crippen LogP contribution is 2.30. The topological polar surface area (TPSA) is 72.2 Å². The molecule has 1 unspecified atom stereocenters. The summed E-state index contributed by atoms with van der Waals surface area (Å²) in [6.07, 6.45) is 1.60. The van der Waals surface area contributed by atoms with Crippen molar-refractivity contribution in [1.82, 2.24) is 9.78 Å². The van der Waals surface area contributed by atoms with Gasteiger partial charge in [-0.1, -0.05) is 58.4 Å². The molecule has 0 saturated carbocycles. The highest BCUT2D eigenvalue weighted by atomic mass is 79.9. The van der Waals surface area contributed by atoms with Gasteiger partial charge in [-0.15, -0.1) is 0 Å². The van der Waals surface area contributed by atoms with Crippen LogP contribution in [-0.2, 0) is 16.8 Å². The van der Waals surface area contributed by atoms with E-state index in [-0.39, 0.29) is 11.3 Å². The number of nitrogens with zero attached hydrogens (tertiary/aromatic N) is 2. The second-order valence-electron chi connectivity index (χ2n) is 6.80. The molecule has 0 saturated heterocycles. The van der Waals surface area contributed by atoms with E-state index in [1.165, 1.54) is 16.8 Å². The van der Waals surface area contributed by atoms with Gasteiger partial charge in [0.1, 0.15) is 5.82 Å². The van der Waals surface area contributed by atoms with Crippen molar-refractivity contribution >= 4 is 27.0 Å². The molecule has 0 radical (unpaired) electrons. The third kappa shape index (κ3) is 4.71. The van der Waals surface area contributed by atoms with E-state index < -0.39 is 16.9 Å². The zero-order valence-corrected chi connectivity index (χ0v) is 18.4. The van der Waals surface area contributed by atoms with Gasteiger partial charge in [0, 0.05) is 10.0 Å². The van der Waals surface area contributed by atoms with Gasteiger partial charge in [0.25, 0.3) is 5.56 Å². The first-order chi connectivity index (χ1) is 14.9. The van der Waals surface area contributed by atoms with Crippen molar-refractivity contribution in [3.63, 3.8) is 0 Å². The summed E-state index contributed by atoms with van der Waals surface area (Å²) in [5, 5.41) is 4.36. The van der Waals surface area contributed by atoms with Gasteiger partial charge in [0.2, 0.25) is 0 Å². The fourth-order valence-electron chi connectivity index (χ4n) is 3.28. The molecule has 0 amide bonds. The second kappa shape index (κ2) is 9.05. The van der Waals surface area contributed by atoms with Gasteiger partial charge >= 0.3 is 0 Å². The number of aromatic nitrogens is 2. The van der Waals surface area contributed by atoms with Crippen molar-refractivity contribution < 1.29 is 13.2 Å². The number of hydrogen-bond donors (Lipinski definition) is 1. The first-order valence-corrected chi connectivity index (χ1v) is 11.3. The Morgan fingerprint density at radius 2 is 1.68 bits per heavy atom. The normalized spacial score (nSPS) is 12.0. The molecule has 3 aromatic carbocycles. The molecule has 0 bridgehead atoms. The fourth-order valence-corrected chi connectivity index (χ4v) is 4.15. The van der Waals surface area contributed by atoms with Gasteiger partial charge in [0.05, 0.1) is 23.2 Å². The van der Waals surface area contributed by atoms with Gasteiger partial charge in [0.15, 0.2) is 11.1 Å². The van der Waals surface area contributed by atoms with Crippen molar-refractivity contribution in [3.05, 3.63) is 105 Å². The third-order valence-electron chi connectivity index (χ3n) is 4.72. The maximum absolute atomic E-state index is 13.5. The van der Waals surface area contributed by atoms with E-state index in [9.17, 15) is 13.4 Å². The Morgan fingerprint density at radius 3 is 2.32 bits per heavy atom. The van der Waals surface area contributed by atoms with Crippen molar-refractivity contribution in [1.29, 1.82) is 0 Å². The van der Waals surface area contributed by atoms with Crippen LogP contribution in [-0.4, -0.2) is 18.5 Å². The molecule has 4 rings (SSSR count). The molecule has 0 aliphatic rings. The van der Waals surface area contributed by atoms with E-state index in [4.69, 9.17) is 4.55 Å². The molecule has 0 spiro atoms. The molecule has 5 nitrogen and oxygen atoms in total. The minimum absolute atomic E-state index is 0.0217. The molecular weight excluding hydrogens is 483 g/mol. The lowest BCUT2D eigenvalue weighted by Gasteiger charge is -2.13. The predicted molar refractivity (Wildman–Crippen MR) is 123 cm³/mol. The lowest BCUT2D eigenvalue weighted by atomic mass is 9.96. The average Bonchev–Trinajstić information content (AvgIpc) is 2.74. The number of halogens is 2. The molecule has 0 fully saturated rings. The van der Waals surface area contributed by atoms with Crippen molar-refractivity contribution in [2.24, 2.45) is 0 Å². The highest BCUT2D eigenvalue weighted by Gasteiger charge is 2.16. The van der Waals surface area contributed by atoms with Gasteiger partial charge in [-0.2, -0.15) is 9.78 Å². The van der Waals surface area contributed by atoms with Crippen LogP contribution in [0.2, 0.25) is 0 Å². The number of benzene rings is 3. The summed E-state index contributed by atoms with van der Waals surface area (Å²) in [6, 6.07) is 20.0. The lowest BCUT2D eigenvalue weighted by Crippen LogP contribution is -2.23. The minimum atomic E-state index is -1.94. The van der Waals surface area contributed by atoms with Crippen molar-refractivity contribution in [2.75, 3.05) is 0 Å². The van der Waals surface area contributed by atoms with Crippen molar-refractivity contribution in [3.8, 4) is 27.9 Å². The molecular formula is C23H16BrFN2O3S. The first-order valence-electron chi connectivity index (χ1n) is 9.23. The molecule has 8 heteroatoms. The van der Waals surface area contributed by atoms with Crippen molar-refractivity contribution in [2.45, 2.75) is 5.75 Å². The molecule has 4 aromatic rings. The molecule has 31 heavy (non-hydrogen) atoms. The third-order valence-corrected chi connectivity index (χ3v) is 5.79. The quantitative estimate of drug-likeness (QED) is 0.384. The molecule has 1 atom stereocenters. The summed E-state index contributed by atoms with van der Waals surface area (Å²) in [7, 11) is 0. The van der Waals surface area contributed by atoms with E-state index in [0.29, 0.717) is 27.9 Å². The van der Waals surface area contributed by atoms with Crippen LogP contribution in [0.15, 0.2) is 88.3 Å². The molecule has 1 heterocycles. The van der Waals surface area contributed by atoms with Crippen LogP contribution in [0.3, 0.4) is 0 Å². The zero-order chi connectivity index (χ0) is 22.0. The highest BCUT2D eigenvalue weighted by molar-refractivity contribution is 9.10.